The van der Waals surface area contributed by atoms with E-state index >= 15 is 0 Å². The average Bonchev–Trinajstić information content (AvgIpc) is 2.43. The Hall–Kier alpha value is -0.650. The molecule has 0 saturated carbocycles. The number of amides is 1. The summed E-state index contributed by atoms with van der Waals surface area (Å²) in [4.78, 5) is 14.3. The van der Waals surface area contributed by atoms with Gasteiger partial charge in [-0.25, -0.2) is 0 Å². The molecule has 2 fully saturated rings. The second-order valence-electron chi connectivity index (χ2n) is 6.04. The van der Waals surface area contributed by atoms with Gasteiger partial charge < -0.3 is 15.4 Å². The van der Waals surface area contributed by atoms with Gasteiger partial charge in [-0.05, 0) is 39.7 Å². The van der Waals surface area contributed by atoms with E-state index in [2.05, 4.69) is 22.5 Å². The first kappa shape index (κ1) is 14.8. The largest absolute Gasteiger partial charge is 0.381 e. The predicted molar refractivity (Wildman–Crippen MR) is 75.1 cm³/mol. The van der Waals surface area contributed by atoms with E-state index in [9.17, 15) is 4.79 Å². The van der Waals surface area contributed by atoms with E-state index in [4.69, 9.17) is 4.74 Å². The van der Waals surface area contributed by atoms with Crippen molar-refractivity contribution in [2.45, 2.75) is 44.2 Å². The zero-order valence-electron chi connectivity index (χ0n) is 12.2. The van der Waals surface area contributed by atoms with Gasteiger partial charge in [-0.15, -0.1) is 0 Å². The van der Waals surface area contributed by atoms with Gasteiger partial charge in [-0.1, -0.05) is 0 Å². The summed E-state index contributed by atoms with van der Waals surface area (Å²) in [5.74, 6) is 0.167. The highest BCUT2D eigenvalue weighted by Gasteiger charge is 2.29. The van der Waals surface area contributed by atoms with Crippen LogP contribution < -0.4 is 10.6 Å². The number of nitrogens with one attached hydrogen (secondary N) is 2. The third-order valence-corrected chi connectivity index (χ3v) is 4.52. The standard InChI is InChI=1S/C14H27N3O2/c1-14(15-2)5-7-17(8-6-14)11-13(18)16-12-3-9-19-10-4-12/h12,15H,3-11H2,1-2H3,(H,16,18). The minimum Gasteiger partial charge on any atom is -0.381 e. The topological polar surface area (TPSA) is 53.6 Å². The number of carbonyl (C=O) groups excluding carboxylic acids is 1. The van der Waals surface area contributed by atoms with Crippen LogP contribution in [0, 0.1) is 0 Å². The molecule has 0 spiro atoms. The third kappa shape index (κ3) is 4.44. The fourth-order valence-electron chi connectivity index (χ4n) is 2.77. The zero-order chi connectivity index (χ0) is 13.7. The Labute approximate surface area is 116 Å². The summed E-state index contributed by atoms with van der Waals surface area (Å²) in [5.41, 5.74) is 0.244. The first-order chi connectivity index (χ1) is 9.11. The molecule has 0 aromatic rings. The van der Waals surface area contributed by atoms with Crippen molar-refractivity contribution < 1.29 is 9.53 Å². The molecule has 110 valence electrons. The van der Waals surface area contributed by atoms with Crippen molar-refractivity contribution in [2.24, 2.45) is 0 Å². The smallest absolute Gasteiger partial charge is 0.234 e. The van der Waals surface area contributed by atoms with Crippen LogP contribution in [-0.4, -0.2) is 62.3 Å². The van der Waals surface area contributed by atoms with E-state index in [1.54, 1.807) is 0 Å². The molecular weight excluding hydrogens is 242 g/mol. The van der Waals surface area contributed by atoms with Crippen molar-refractivity contribution >= 4 is 5.91 Å². The highest BCUT2D eigenvalue weighted by atomic mass is 16.5. The molecule has 2 N–H and O–H groups in total. The molecule has 0 atom stereocenters. The second-order valence-corrected chi connectivity index (χ2v) is 6.04. The minimum atomic E-state index is 0.167. The maximum atomic E-state index is 12.0. The molecule has 0 bridgehead atoms. The molecule has 2 rings (SSSR count). The van der Waals surface area contributed by atoms with Crippen LogP contribution in [0.4, 0.5) is 0 Å². The molecule has 2 heterocycles. The Balaban J connectivity index is 1.68. The molecule has 0 unspecified atom stereocenters. The lowest BCUT2D eigenvalue weighted by Gasteiger charge is -2.39. The molecule has 0 aliphatic carbocycles. The Morgan fingerprint density at radius 1 is 1.32 bits per heavy atom. The Kier molecular flexibility index (Phi) is 5.19. The Morgan fingerprint density at radius 2 is 1.95 bits per heavy atom. The Bertz CT molecular complexity index is 295. The predicted octanol–water partition coefficient (Wildman–Crippen LogP) is 0.356. The van der Waals surface area contributed by atoms with Crippen LogP contribution in [0.3, 0.4) is 0 Å². The molecular formula is C14H27N3O2. The average molecular weight is 269 g/mol. The lowest BCUT2D eigenvalue weighted by atomic mass is 9.90. The molecule has 19 heavy (non-hydrogen) atoms. The summed E-state index contributed by atoms with van der Waals surface area (Å²) >= 11 is 0. The Morgan fingerprint density at radius 3 is 2.53 bits per heavy atom. The van der Waals surface area contributed by atoms with Gasteiger partial charge in [-0.2, -0.15) is 0 Å². The van der Waals surface area contributed by atoms with Crippen molar-refractivity contribution in [3.8, 4) is 0 Å². The van der Waals surface area contributed by atoms with Crippen LogP contribution in [-0.2, 0) is 9.53 Å². The lowest BCUT2D eigenvalue weighted by molar-refractivity contribution is -0.124. The maximum absolute atomic E-state index is 12.0. The summed E-state index contributed by atoms with van der Waals surface area (Å²) < 4.78 is 5.30. The zero-order valence-corrected chi connectivity index (χ0v) is 12.2. The van der Waals surface area contributed by atoms with Crippen LogP contribution in [0.15, 0.2) is 0 Å². The SMILES string of the molecule is CNC1(C)CCN(CC(=O)NC2CCOCC2)CC1. The molecule has 2 aliphatic rings. The van der Waals surface area contributed by atoms with Crippen LogP contribution in [0.25, 0.3) is 0 Å². The van der Waals surface area contributed by atoms with E-state index in [-0.39, 0.29) is 11.4 Å². The van der Waals surface area contributed by atoms with E-state index < -0.39 is 0 Å². The fraction of sp³-hybridized carbons (Fsp3) is 0.929. The number of piperidine rings is 1. The highest BCUT2D eigenvalue weighted by Crippen LogP contribution is 2.20. The molecule has 1 amide bonds. The number of ether oxygens (including phenoxy) is 1. The van der Waals surface area contributed by atoms with Gasteiger partial charge in [-0.3, -0.25) is 9.69 Å². The van der Waals surface area contributed by atoms with Gasteiger partial charge in [0.15, 0.2) is 0 Å². The van der Waals surface area contributed by atoms with Crippen molar-refractivity contribution in [3.63, 3.8) is 0 Å². The van der Waals surface area contributed by atoms with Gasteiger partial charge in [0.2, 0.25) is 5.91 Å². The molecule has 5 heteroatoms. The monoisotopic (exact) mass is 269 g/mol. The third-order valence-electron chi connectivity index (χ3n) is 4.52. The van der Waals surface area contributed by atoms with Crippen LogP contribution in [0.1, 0.15) is 32.6 Å². The number of rotatable bonds is 4. The second kappa shape index (κ2) is 6.68. The summed E-state index contributed by atoms with van der Waals surface area (Å²) in [6.45, 7) is 6.34. The fourth-order valence-corrected chi connectivity index (χ4v) is 2.77. The lowest BCUT2D eigenvalue weighted by Crippen LogP contribution is -2.52. The molecule has 0 aromatic heterocycles. The molecule has 2 saturated heterocycles. The van der Waals surface area contributed by atoms with Gasteiger partial charge >= 0.3 is 0 Å². The molecule has 2 aliphatic heterocycles. The summed E-state index contributed by atoms with van der Waals surface area (Å²) in [5, 5.41) is 6.50. The van der Waals surface area contributed by atoms with E-state index in [1.165, 1.54) is 0 Å². The van der Waals surface area contributed by atoms with Crippen molar-refractivity contribution in [3.05, 3.63) is 0 Å². The van der Waals surface area contributed by atoms with E-state index in [0.29, 0.717) is 12.6 Å². The van der Waals surface area contributed by atoms with Gasteiger partial charge in [0.25, 0.3) is 0 Å². The molecule has 5 nitrogen and oxygen atoms in total. The number of hydrogen-bond acceptors (Lipinski definition) is 4. The maximum Gasteiger partial charge on any atom is 0.234 e. The highest BCUT2D eigenvalue weighted by molar-refractivity contribution is 5.78. The normalized spacial score (nSPS) is 25.2. The van der Waals surface area contributed by atoms with Crippen molar-refractivity contribution in [1.82, 2.24) is 15.5 Å². The van der Waals surface area contributed by atoms with Crippen LogP contribution >= 0.6 is 0 Å². The van der Waals surface area contributed by atoms with Crippen molar-refractivity contribution in [2.75, 3.05) is 39.9 Å². The first-order valence-electron chi connectivity index (χ1n) is 7.40. The van der Waals surface area contributed by atoms with E-state index in [0.717, 1.165) is 52.0 Å². The number of hydrogen-bond donors (Lipinski definition) is 2. The van der Waals surface area contributed by atoms with Gasteiger partial charge in [0.05, 0.1) is 6.54 Å². The number of likely N-dealkylation sites (tertiary alicyclic amines) is 1. The number of nitrogens with zero attached hydrogens (tertiary/aromatic N) is 1. The summed E-state index contributed by atoms with van der Waals surface area (Å²) in [6.07, 6.45) is 4.11. The number of carbonyl (C=O) groups is 1. The van der Waals surface area contributed by atoms with E-state index in [1.807, 2.05) is 7.05 Å². The molecule has 0 aromatic carbocycles. The first-order valence-corrected chi connectivity index (χ1v) is 7.40. The van der Waals surface area contributed by atoms with Gasteiger partial charge in [0.1, 0.15) is 0 Å². The quantitative estimate of drug-likeness (QED) is 0.773. The summed E-state index contributed by atoms with van der Waals surface area (Å²) in [6, 6.07) is 0.314. The van der Waals surface area contributed by atoms with Crippen LogP contribution in [0.5, 0.6) is 0 Å². The summed E-state index contributed by atoms with van der Waals surface area (Å²) in [7, 11) is 2.02. The molecule has 0 radical (unpaired) electrons. The van der Waals surface area contributed by atoms with Crippen molar-refractivity contribution in [1.29, 1.82) is 0 Å². The van der Waals surface area contributed by atoms with Crippen LogP contribution in [0.2, 0.25) is 0 Å². The van der Waals surface area contributed by atoms with Gasteiger partial charge in [0, 0.05) is 37.9 Å². The minimum absolute atomic E-state index is 0.167.